The van der Waals surface area contributed by atoms with Gasteiger partial charge < -0.3 is 10.3 Å². The van der Waals surface area contributed by atoms with E-state index in [1.807, 2.05) is 5.01 Å². The van der Waals surface area contributed by atoms with E-state index in [2.05, 4.69) is 15.5 Å². The predicted molar refractivity (Wildman–Crippen MR) is 97.3 cm³/mol. The maximum Gasteiger partial charge on any atom is 0.248 e. The summed E-state index contributed by atoms with van der Waals surface area (Å²) in [4.78, 5) is 0. The Morgan fingerprint density at radius 1 is 1.00 bits per heavy atom. The number of aromatic nitrogens is 3. The van der Waals surface area contributed by atoms with Gasteiger partial charge in [-0.05, 0) is 31.0 Å². The van der Waals surface area contributed by atoms with Crippen LogP contribution in [-0.2, 0) is 0 Å². The van der Waals surface area contributed by atoms with Crippen molar-refractivity contribution in [3.05, 3.63) is 58.9 Å². The summed E-state index contributed by atoms with van der Waals surface area (Å²) in [7, 11) is 0. The maximum atomic E-state index is 14.4. The lowest BCUT2D eigenvalue weighted by Gasteiger charge is -2.23. The Morgan fingerprint density at radius 2 is 1.74 bits per heavy atom. The molecular weight excluding hydrogens is 379 g/mol. The fourth-order valence-electron chi connectivity index (χ4n) is 3.10. The first-order chi connectivity index (χ1) is 13.0. The first kappa shape index (κ1) is 17.7. The molecule has 2 aromatic carbocycles. The second-order valence-corrected chi connectivity index (χ2v) is 6.58. The van der Waals surface area contributed by atoms with Gasteiger partial charge in [-0.3, -0.25) is 0 Å². The van der Waals surface area contributed by atoms with E-state index in [0.29, 0.717) is 29.9 Å². The van der Waals surface area contributed by atoms with Crippen molar-refractivity contribution >= 4 is 23.2 Å². The van der Waals surface area contributed by atoms with Crippen LogP contribution in [0.1, 0.15) is 12.8 Å². The number of anilines is 2. The van der Waals surface area contributed by atoms with Crippen LogP contribution in [0, 0.1) is 17.5 Å². The summed E-state index contributed by atoms with van der Waals surface area (Å²) < 4.78 is 43.3. The molecule has 1 saturated heterocycles. The van der Waals surface area contributed by atoms with Gasteiger partial charge in [0.2, 0.25) is 5.95 Å². The fourth-order valence-corrected chi connectivity index (χ4v) is 3.28. The summed E-state index contributed by atoms with van der Waals surface area (Å²) in [6.45, 7) is 1.36. The molecule has 1 fully saturated rings. The number of nitrogens with one attached hydrogen (secondary N) is 1. The Balaban J connectivity index is 1.84. The van der Waals surface area contributed by atoms with Crippen LogP contribution in [0.3, 0.4) is 0 Å². The predicted octanol–water partition coefficient (Wildman–Crippen LogP) is 4.49. The van der Waals surface area contributed by atoms with Gasteiger partial charge in [0, 0.05) is 19.2 Å². The topological polar surface area (TPSA) is 46.0 Å². The highest BCUT2D eigenvalue weighted by atomic mass is 35.5. The molecule has 1 N–H and O–H groups in total. The van der Waals surface area contributed by atoms with Crippen molar-refractivity contribution in [3.63, 3.8) is 0 Å². The van der Waals surface area contributed by atoms with E-state index in [1.165, 1.54) is 0 Å². The Labute approximate surface area is 158 Å². The highest BCUT2D eigenvalue weighted by Crippen LogP contribution is 2.30. The molecule has 3 aromatic rings. The minimum Gasteiger partial charge on any atom is -0.321 e. The zero-order chi connectivity index (χ0) is 19.0. The molecule has 0 bridgehead atoms. The van der Waals surface area contributed by atoms with Gasteiger partial charge in [-0.1, -0.05) is 23.7 Å². The van der Waals surface area contributed by atoms with Crippen LogP contribution in [0.5, 0.6) is 0 Å². The number of rotatable bonds is 4. The van der Waals surface area contributed by atoms with Crippen molar-refractivity contribution in [2.75, 3.05) is 23.4 Å². The van der Waals surface area contributed by atoms with Gasteiger partial charge in [-0.15, -0.1) is 10.2 Å². The molecule has 1 aromatic heterocycles. The minimum absolute atomic E-state index is 0.0161. The summed E-state index contributed by atoms with van der Waals surface area (Å²) in [6, 6.07) is 8.46. The number of nitrogens with zero attached hydrogens (tertiary/aromatic N) is 4. The molecule has 0 atom stereocenters. The summed E-state index contributed by atoms with van der Waals surface area (Å²) >= 11 is 6.18. The molecule has 0 saturated carbocycles. The van der Waals surface area contributed by atoms with Crippen molar-refractivity contribution in [1.82, 2.24) is 14.9 Å². The molecular formula is C18H15ClF3N5. The van der Waals surface area contributed by atoms with Gasteiger partial charge >= 0.3 is 0 Å². The Morgan fingerprint density at radius 3 is 2.48 bits per heavy atom. The number of para-hydroxylation sites is 1. The lowest BCUT2D eigenvalue weighted by Crippen LogP contribution is -2.33. The van der Waals surface area contributed by atoms with Crippen molar-refractivity contribution in [3.8, 4) is 11.4 Å². The molecule has 2 heterocycles. The van der Waals surface area contributed by atoms with Gasteiger partial charge in [-0.25, -0.2) is 17.8 Å². The first-order valence-corrected chi connectivity index (χ1v) is 8.79. The summed E-state index contributed by atoms with van der Waals surface area (Å²) in [6.07, 6.45) is 1.87. The summed E-state index contributed by atoms with van der Waals surface area (Å²) in [5.74, 6) is -3.04. The van der Waals surface area contributed by atoms with E-state index in [0.717, 1.165) is 18.9 Å². The van der Waals surface area contributed by atoms with Crippen LogP contribution in [0.4, 0.5) is 24.8 Å². The number of halogens is 4. The lowest BCUT2D eigenvalue weighted by molar-refractivity contribution is 0.496. The molecule has 0 aliphatic carbocycles. The molecule has 0 radical (unpaired) electrons. The van der Waals surface area contributed by atoms with E-state index in [9.17, 15) is 13.2 Å². The monoisotopic (exact) mass is 393 g/mol. The number of benzene rings is 2. The van der Waals surface area contributed by atoms with Gasteiger partial charge in [0.05, 0.1) is 16.3 Å². The van der Waals surface area contributed by atoms with Gasteiger partial charge in [0.1, 0.15) is 5.82 Å². The Bertz CT molecular complexity index is 985. The van der Waals surface area contributed by atoms with Crippen molar-refractivity contribution < 1.29 is 13.2 Å². The molecule has 27 heavy (non-hydrogen) atoms. The van der Waals surface area contributed by atoms with Crippen LogP contribution in [0.2, 0.25) is 5.02 Å². The van der Waals surface area contributed by atoms with E-state index < -0.39 is 17.5 Å². The smallest absolute Gasteiger partial charge is 0.248 e. The molecule has 4 rings (SSSR count). The van der Waals surface area contributed by atoms with E-state index >= 15 is 0 Å². The zero-order valence-electron chi connectivity index (χ0n) is 14.1. The molecule has 9 heteroatoms. The quantitative estimate of drug-likeness (QED) is 0.663. The van der Waals surface area contributed by atoms with Crippen molar-refractivity contribution in [2.45, 2.75) is 12.8 Å². The number of hydrogen-bond acceptors (Lipinski definition) is 4. The molecule has 140 valence electrons. The molecule has 1 aliphatic rings. The van der Waals surface area contributed by atoms with Gasteiger partial charge in [0.15, 0.2) is 17.5 Å². The molecule has 0 unspecified atom stereocenters. The average molecular weight is 394 g/mol. The van der Waals surface area contributed by atoms with Crippen molar-refractivity contribution in [2.24, 2.45) is 0 Å². The normalized spacial score (nSPS) is 14.0. The summed E-state index contributed by atoms with van der Waals surface area (Å²) in [5, 5.41) is 13.5. The van der Waals surface area contributed by atoms with E-state index in [1.54, 1.807) is 28.9 Å². The van der Waals surface area contributed by atoms with Gasteiger partial charge in [0.25, 0.3) is 0 Å². The lowest BCUT2D eigenvalue weighted by atomic mass is 10.2. The second kappa shape index (κ2) is 7.11. The SMILES string of the molecule is Fc1cc(F)c(F)c(-c2nnc(Nc3ccccc3Cl)n2N2CCCC2)c1. The molecule has 0 spiro atoms. The third-order valence-electron chi connectivity index (χ3n) is 4.36. The average Bonchev–Trinajstić information content (AvgIpc) is 3.29. The van der Waals surface area contributed by atoms with Crippen molar-refractivity contribution in [1.29, 1.82) is 0 Å². The van der Waals surface area contributed by atoms with Crippen LogP contribution in [0.25, 0.3) is 11.4 Å². The van der Waals surface area contributed by atoms with Crippen LogP contribution >= 0.6 is 11.6 Å². The van der Waals surface area contributed by atoms with E-state index in [-0.39, 0.29) is 17.3 Å². The molecule has 1 aliphatic heterocycles. The fraction of sp³-hybridized carbons (Fsp3) is 0.222. The van der Waals surface area contributed by atoms with E-state index in [4.69, 9.17) is 11.6 Å². The third kappa shape index (κ3) is 3.32. The zero-order valence-corrected chi connectivity index (χ0v) is 14.8. The van der Waals surface area contributed by atoms with Crippen LogP contribution in [-0.4, -0.2) is 28.0 Å². The standard InChI is InChI=1S/C18H15ClF3N5/c19-13-5-1-2-6-15(13)23-18-25-24-17(27(18)26-7-3-4-8-26)12-9-11(20)10-14(21)16(12)22/h1-2,5-6,9-10H,3-4,7-8H2,(H,23,25). The molecule has 0 amide bonds. The van der Waals surface area contributed by atoms with Gasteiger partial charge in [-0.2, -0.15) is 0 Å². The molecule has 5 nitrogen and oxygen atoms in total. The second-order valence-electron chi connectivity index (χ2n) is 6.17. The number of hydrogen-bond donors (Lipinski definition) is 1. The third-order valence-corrected chi connectivity index (χ3v) is 4.69. The highest BCUT2D eigenvalue weighted by Gasteiger charge is 2.25. The Kier molecular flexibility index (Phi) is 4.65. The first-order valence-electron chi connectivity index (χ1n) is 8.41. The maximum absolute atomic E-state index is 14.4. The van der Waals surface area contributed by atoms with Crippen LogP contribution < -0.4 is 10.3 Å². The minimum atomic E-state index is -1.28. The Hall–Kier alpha value is -2.74. The summed E-state index contributed by atoms with van der Waals surface area (Å²) in [5.41, 5.74) is 0.295. The largest absolute Gasteiger partial charge is 0.321 e. The highest BCUT2D eigenvalue weighted by molar-refractivity contribution is 6.33. The van der Waals surface area contributed by atoms with Crippen LogP contribution in [0.15, 0.2) is 36.4 Å².